The van der Waals surface area contributed by atoms with Crippen LogP contribution in [0, 0.1) is 5.92 Å². The number of piperidine rings is 1. The molecule has 164 valence electrons. The molecule has 1 unspecified atom stereocenters. The number of sulfonamides is 1. The lowest BCUT2D eigenvalue weighted by atomic mass is 10.0. The highest BCUT2D eigenvalue weighted by molar-refractivity contribution is 7.89. The lowest BCUT2D eigenvalue weighted by molar-refractivity contribution is 0.101. The van der Waals surface area contributed by atoms with Crippen LogP contribution in [0.3, 0.4) is 0 Å². The van der Waals surface area contributed by atoms with Crippen molar-refractivity contribution in [3.05, 3.63) is 48.0 Å². The number of nitrogens with zero attached hydrogens (tertiary/aromatic N) is 2. The van der Waals surface area contributed by atoms with Crippen LogP contribution in [0.15, 0.2) is 47.4 Å². The number of benzene rings is 2. The van der Waals surface area contributed by atoms with E-state index >= 15 is 0 Å². The van der Waals surface area contributed by atoms with Crippen molar-refractivity contribution in [3.8, 4) is 5.75 Å². The number of thiazole rings is 1. The van der Waals surface area contributed by atoms with Crippen molar-refractivity contribution < 1.29 is 17.9 Å². The number of Topliss-reactive ketones (excluding diaryl/α,β-unsaturated/α-hetero) is 1. The Morgan fingerprint density at radius 2 is 2.13 bits per heavy atom. The minimum Gasteiger partial charge on any atom is -0.497 e. The zero-order valence-corrected chi connectivity index (χ0v) is 19.1. The molecule has 4 rings (SSSR count). The van der Waals surface area contributed by atoms with E-state index in [1.807, 2.05) is 18.2 Å². The summed E-state index contributed by atoms with van der Waals surface area (Å²) < 4.78 is 33.7. The van der Waals surface area contributed by atoms with E-state index in [1.165, 1.54) is 21.7 Å². The van der Waals surface area contributed by atoms with Gasteiger partial charge < -0.3 is 10.1 Å². The molecule has 1 saturated heterocycles. The van der Waals surface area contributed by atoms with Gasteiger partial charge in [-0.1, -0.05) is 30.4 Å². The van der Waals surface area contributed by atoms with Crippen LogP contribution in [0.25, 0.3) is 10.2 Å². The first-order chi connectivity index (χ1) is 14.9. The van der Waals surface area contributed by atoms with Crippen molar-refractivity contribution in [2.45, 2.75) is 24.7 Å². The molecule has 2 heterocycles. The molecule has 1 fully saturated rings. The number of fused-ring (bicyclic) bond motifs is 1. The Bertz CT molecular complexity index is 1210. The van der Waals surface area contributed by atoms with E-state index in [9.17, 15) is 13.2 Å². The molecule has 1 aromatic heterocycles. The van der Waals surface area contributed by atoms with Gasteiger partial charge in [0.25, 0.3) is 0 Å². The van der Waals surface area contributed by atoms with Gasteiger partial charge in [-0.15, -0.1) is 0 Å². The SMILES string of the molecule is COc1ccc2nc(NCC(=O)c3cccc(S(=O)(=O)N4CCCC(C)C4)c3)sc2c1. The number of nitrogens with one attached hydrogen (secondary N) is 1. The third-order valence-electron chi connectivity index (χ3n) is 5.41. The molecule has 1 N–H and O–H groups in total. The van der Waals surface area contributed by atoms with Crippen molar-refractivity contribution in [3.63, 3.8) is 0 Å². The van der Waals surface area contributed by atoms with Crippen LogP contribution < -0.4 is 10.1 Å². The lowest BCUT2D eigenvalue weighted by Crippen LogP contribution is -2.39. The zero-order valence-electron chi connectivity index (χ0n) is 17.5. The fraction of sp³-hybridized carbons (Fsp3) is 0.364. The van der Waals surface area contributed by atoms with Gasteiger partial charge in [-0.05, 0) is 49.1 Å². The molecule has 1 atom stereocenters. The third kappa shape index (κ3) is 4.73. The molecule has 0 aliphatic carbocycles. The van der Waals surface area contributed by atoms with Crippen LogP contribution in [0.5, 0.6) is 5.75 Å². The molecule has 0 spiro atoms. The van der Waals surface area contributed by atoms with Gasteiger partial charge in [0.1, 0.15) is 5.75 Å². The summed E-state index contributed by atoms with van der Waals surface area (Å²) in [5.74, 6) is 0.895. The maximum atomic E-state index is 13.0. The number of hydrogen-bond donors (Lipinski definition) is 1. The second kappa shape index (κ2) is 8.94. The lowest BCUT2D eigenvalue weighted by Gasteiger charge is -2.30. The van der Waals surface area contributed by atoms with Crippen LogP contribution in [0.2, 0.25) is 0 Å². The first-order valence-corrected chi connectivity index (χ1v) is 12.4. The maximum Gasteiger partial charge on any atom is 0.243 e. The summed E-state index contributed by atoms with van der Waals surface area (Å²) in [6.07, 6.45) is 1.89. The van der Waals surface area contributed by atoms with Gasteiger partial charge in [0.15, 0.2) is 10.9 Å². The molecule has 3 aromatic rings. The van der Waals surface area contributed by atoms with Crippen molar-refractivity contribution in [1.82, 2.24) is 9.29 Å². The van der Waals surface area contributed by atoms with Gasteiger partial charge >= 0.3 is 0 Å². The summed E-state index contributed by atoms with van der Waals surface area (Å²) >= 11 is 1.43. The number of ether oxygens (including phenoxy) is 1. The molecule has 31 heavy (non-hydrogen) atoms. The summed E-state index contributed by atoms with van der Waals surface area (Å²) in [5, 5.41) is 3.68. The highest BCUT2D eigenvalue weighted by Gasteiger charge is 2.29. The van der Waals surface area contributed by atoms with E-state index in [4.69, 9.17) is 4.74 Å². The average Bonchev–Trinajstić information content (AvgIpc) is 3.19. The Labute approximate surface area is 186 Å². The van der Waals surface area contributed by atoms with E-state index < -0.39 is 10.0 Å². The van der Waals surface area contributed by atoms with Crippen LogP contribution >= 0.6 is 11.3 Å². The molecular weight excluding hydrogens is 434 g/mol. The minimum absolute atomic E-state index is 0.0290. The van der Waals surface area contributed by atoms with E-state index in [0.717, 1.165) is 28.8 Å². The predicted molar refractivity (Wildman–Crippen MR) is 123 cm³/mol. The van der Waals surface area contributed by atoms with Crippen LogP contribution in [0.4, 0.5) is 5.13 Å². The van der Waals surface area contributed by atoms with Crippen LogP contribution in [-0.2, 0) is 10.0 Å². The number of methoxy groups -OCH3 is 1. The molecule has 1 aliphatic rings. The highest BCUT2D eigenvalue weighted by atomic mass is 32.2. The zero-order chi connectivity index (χ0) is 22.0. The van der Waals surface area contributed by atoms with Gasteiger partial charge in [-0.2, -0.15) is 4.31 Å². The first-order valence-electron chi connectivity index (χ1n) is 10.2. The Hall–Kier alpha value is -2.49. The molecule has 0 radical (unpaired) electrons. The number of rotatable bonds is 7. The van der Waals surface area contributed by atoms with Crippen LogP contribution in [0.1, 0.15) is 30.1 Å². The molecule has 2 aromatic carbocycles. The van der Waals surface area contributed by atoms with Gasteiger partial charge in [-0.3, -0.25) is 4.79 Å². The summed E-state index contributed by atoms with van der Waals surface area (Å²) in [5.41, 5.74) is 1.19. The molecule has 7 nitrogen and oxygen atoms in total. The van der Waals surface area contributed by atoms with Crippen molar-refractivity contribution in [1.29, 1.82) is 0 Å². The predicted octanol–water partition coefficient (Wildman–Crippen LogP) is 4.02. The average molecular weight is 460 g/mol. The van der Waals surface area contributed by atoms with Crippen molar-refractivity contribution >= 4 is 42.5 Å². The number of carbonyl (C=O) groups excluding carboxylic acids is 1. The third-order valence-corrected chi connectivity index (χ3v) is 8.25. The summed E-state index contributed by atoms with van der Waals surface area (Å²) in [4.78, 5) is 17.4. The smallest absolute Gasteiger partial charge is 0.243 e. The fourth-order valence-corrected chi connectivity index (χ4v) is 6.24. The van der Waals surface area contributed by atoms with E-state index in [0.29, 0.717) is 29.7 Å². The molecule has 9 heteroatoms. The summed E-state index contributed by atoms with van der Waals surface area (Å²) in [6.45, 7) is 3.13. The van der Waals surface area contributed by atoms with E-state index in [2.05, 4.69) is 17.2 Å². The highest BCUT2D eigenvalue weighted by Crippen LogP contribution is 2.29. The Morgan fingerprint density at radius 3 is 2.90 bits per heavy atom. The minimum atomic E-state index is -3.60. The first kappa shape index (κ1) is 21.7. The number of carbonyl (C=O) groups is 1. The Kier molecular flexibility index (Phi) is 6.27. The largest absolute Gasteiger partial charge is 0.497 e. The summed E-state index contributed by atoms with van der Waals surface area (Å²) in [6, 6.07) is 11.9. The Balaban J connectivity index is 1.47. The quantitative estimate of drug-likeness (QED) is 0.537. The molecule has 0 amide bonds. The molecular formula is C22H25N3O4S2. The van der Waals surface area contributed by atoms with Crippen molar-refractivity contribution in [2.24, 2.45) is 5.92 Å². The van der Waals surface area contributed by atoms with Crippen molar-refractivity contribution in [2.75, 3.05) is 32.1 Å². The van der Waals surface area contributed by atoms with Gasteiger partial charge in [0, 0.05) is 18.7 Å². The van der Waals surface area contributed by atoms with Gasteiger partial charge in [-0.25, -0.2) is 13.4 Å². The topological polar surface area (TPSA) is 88.6 Å². The monoisotopic (exact) mass is 459 g/mol. The number of aromatic nitrogens is 1. The molecule has 1 aliphatic heterocycles. The second-order valence-corrected chi connectivity index (χ2v) is 10.7. The maximum absolute atomic E-state index is 13.0. The number of hydrogen-bond acceptors (Lipinski definition) is 7. The standard InChI is InChI=1S/C22H25N3O4S2/c1-15-5-4-10-25(14-15)31(27,28)18-7-3-6-16(11-18)20(26)13-23-22-24-19-9-8-17(29-2)12-21(19)30-22/h3,6-9,11-12,15H,4-5,10,13-14H2,1-2H3,(H,23,24). The van der Waals surface area contributed by atoms with Gasteiger partial charge in [0.2, 0.25) is 10.0 Å². The van der Waals surface area contributed by atoms with E-state index in [1.54, 1.807) is 25.3 Å². The Morgan fingerprint density at radius 1 is 1.29 bits per heavy atom. The fourth-order valence-electron chi connectivity index (χ4n) is 3.71. The molecule has 0 bridgehead atoms. The second-order valence-electron chi connectivity index (χ2n) is 7.77. The van der Waals surface area contributed by atoms with Crippen LogP contribution in [-0.4, -0.2) is 50.2 Å². The summed E-state index contributed by atoms with van der Waals surface area (Å²) in [7, 11) is -1.99. The van der Waals surface area contributed by atoms with E-state index in [-0.39, 0.29) is 17.2 Å². The number of ketones is 1. The molecule has 0 saturated carbocycles. The number of anilines is 1. The van der Waals surface area contributed by atoms with Gasteiger partial charge in [0.05, 0.1) is 28.8 Å². The normalized spacial score (nSPS) is 17.5.